The van der Waals surface area contributed by atoms with Crippen LogP contribution < -0.4 is 10.9 Å². The maximum atomic E-state index is 13.5. The Kier molecular flexibility index (Phi) is 7.37. The molecular weight excluding hydrogens is 502 g/mol. The average Bonchev–Trinajstić information content (AvgIpc) is 3.17. The van der Waals surface area contributed by atoms with Crippen molar-refractivity contribution in [3.05, 3.63) is 81.9 Å². The van der Waals surface area contributed by atoms with Crippen LogP contribution in [0.1, 0.15) is 58.4 Å². The largest absolute Gasteiger partial charge is 0.370 e. The van der Waals surface area contributed by atoms with Crippen molar-refractivity contribution in [2.75, 3.05) is 25.5 Å². The lowest BCUT2D eigenvalue weighted by Crippen LogP contribution is -2.39. The van der Waals surface area contributed by atoms with E-state index in [0.717, 1.165) is 24.5 Å². The number of anilines is 2. The number of hydrogen-bond acceptors (Lipinski definition) is 7. The van der Waals surface area contributed by atoms with Gasteiger partial charge in [-0.15, -0.1) is 0 Å². The molecule has 1 aliphatic rings. The predicted molar refractivity (Wildman–Crippen MR) is 159 cm³/mol. The number of fused-ring (bicyclic) bond motifs is 2. The molecule has 40 heavy (non-hydrogen) atoms. The fourth-order valence-electron chi connectivity index (χ4n) is 5.70. The minimum atomic E-state index is -0.584. The second-order valence-electron chi connectivity index (χ2n) is 11.6. The van der Waals surface area contributed by atoms with Gasteiger partial charge >= 0.3 is 0 Å². The van der Waals surface area contributed by atoms with Crippen molar-refractivity contribution in [3.8, 4) is 5.82 Å². The van der Waals surface area contributed by atoms with E-state index >= 15 is 0 Å². The Morgan fingerprint density at radius 3 is 2.73 bits per heavy atom. The molecule has 0 saturated heterocycles. The third-order valence-corrected chi connectivity index (χ3v) is 7.46. The Labute approximate surface area is 235 Å². The molecule has 5 rings (SSSR count). The summed E-state index contributed by atoms with van der Waals surface area (Å²) >= 11 is 0. The zero-order chi connectivity index (χ0) is 28.7. The summed E-state index contributed by atoms with van der Waals surface area (Å²) in [4.78, 5) is 30.1. The minimum Gasteiger partial charge on any atom is -0.370 e. The van der Waals surface area contributed by atoms with Crippen LogP contribution in [-0.2, 0) is 28.8 Å². The van der Waals surface area contributed by atoms with Crippen LogP contribution in [0.5, 0.6) is 0 Å². The lowest BCUT2D eigenvalue weighted by atomic mass is 9.78. The highest BCUT2D eigenvalue weighted by Crippen LogP contribution is 2.34. The van der Waals surface area contributed by atoms with Gasteiger partial charge in [-0.05, 0) is 70.1 Å². The van der Waals surface area contributed by atoms with Crippen LogP contribution >= 0.6 is 0 Å². The molecule has 0 radical (unpaired) electrons. The lowest BCUT2D eigenvalue weighted by Gasteiger charge is -2.38. The first kappa shape index (κ1) is 27.7. The Bertz CT molecular complexity index is 1630. The smallest absolute Gasteiger partial charge is 0.278 e. The Balaban J connectivity index is 1.60. The van der Waals surface area contributed by atoms with E-state index < -0.39 is 5.60 Å². The minimum absolute atomic E-state index is 0.0838. The molecule has 0 fully saturated rings. The second-order valence-corrected chi connectivity index (χ2v) is 11.6. The normalized spacial score (nSPS) is 15.6. The van der Waals surface area contributed by atoms with E-state index in [1.807, 2.05) is 58.0 Å². The average molecular weight is 542 g/mol. The summed E-state index contributed by atoms with van der Waals surface area (Å²) in [5, 5.41) is 3.80. The van der Waals surface area contributed by atoms with E-state index in [0.29, 0.717) is 36.0 Å². The van der Waals surface area contributed by atoms with E-state index in [2.05, 4.69) is 54.3 Å². The second kappa shape index (κ2) is 10.6. The van der Waals surface area contributed by atoms with Crippen LogP contribution in [0.4, 0.5) is 11.6 Å². The van der Waals surface area contributed by atoms with Crippen LogP contribution in [0, 0.1) is 0 Å². The van der Waals surface area contributed by atoms with Crippen LogP contribution in [0.15, 0.2) is 59.5 Å². The molecule has 3 aromatic heterocycles. The number of rotatable bonds is 8. The zero-order valence-corrected chi connectivity index (χ0v) is 24.5. The molecule has 0 bridgehead atoms. The number of nitrogens with one attached hydrogen (secondary N) is 1. The third kappa shape index (κ3) is 5.19. The van der Waals surface area contributed by atoms with Gasteiger partial charge < -0.3 is 15.0 Å². The van der Waals surface area contributed by atoms with Gasteiger partial charge in [-0.3, -0.25) is 4.79 Å². The van der Waals surface area contributed by atoms with Crippen molar-refractivity contribution in [2.24, 2.45) is 0 Å². The fraction of sp³-hybridized carbons (Fsp3) is 0.419. The molecule has 0 aliphatic carbocycles. The first-order valence-corrected chi connectivity index (χ1v) is 13.8. The van der Waals surface area contributed by atoms with Crippen molar-refractivity contribution >= 4 is 22.7 Å². The van der Waals surface area contributed by atoms with E-state index in [-0.39, 0.29) is 11.0 Å². The van der Waals surface area contributed by atoms with Crippen LogP contribution in [0.25, 0.3) is 16.9 Å². The van der Waals surface area contributed by atoms with Gasteiger partial charge in [0.25, 0.3) is 5.56 Å². The van der Waals surface area contributed by atoms with Crippen molar-refractivity contribution in [2.45, 2.75) is 65.6 Å². The Hall–Kier alpha value is -3.82. The molecule has 0 amide bonds. The van der Waals surface area contributed by atoms with Crippen molar-refractivity contribution in [3.63, 3.8) is 0 Å². The topological polar surface area (TPSA) is 90.1 Å². The quantitative estimate of drug-likeness (QED) is 0.303. The highest BCUT2D eigenvalue weighted by molar-refractivity contribution is 5.77. The van der Waals surface area contributed by atoms with Gasteiger partial charge in [0.2, 0.25) is 5.95 Å². The molecule has 0 atom stereocenters. The van der Waals surface area contributed by atoms with E-state index in [9.17, 15) is 4.79 Å². The summed E-state index contributed by atoms with van der Waals surface area (Å²) in [6.07, 6.45) is 5.45. The standard InChI is InChI=1S/C31H39N7O2/c1-8-10-16-37-28(39)23-18-32-29(33-22-14-15-24-21(17-22)19-36(7)20-30(24,3)4)35-27(23)38(37)26-13-11-12-25(34-26)31(5,6)40-9-2/h8,10-15,17-18H,9,16,19-20H2,1-7H3,(H,32,33,35)/b10-8-. The van der Waals surface area contributed by atoms with Gasteiger partial charge in [0.15, 0.2) is 11.5 Å². The number of likely N-dealkylation sites (N-methyl/N-ethyl adjacent to an activating group) is 1. The van der Waals surface area contributed by atoms with Gasteiger partial charge in [0.1, 0.15) is 11.0 Å². The Morgan fingerprint density at radius 1 is 1.18 bits per heavy atom. The van der Waals surface area contributed by atoms with Crippen molar-refractivity contribution in [1.82, 2.24) is 29.2 Å². The number of ether oxygens (including phenoxy) is 1. The summed E-state index contributed by atoms with van der Waals surface area (Å²) in [7, 11) is 2.15. The van der Waals surface area contributed by atoms with Gasteiger partial charge in [0.05, 0.1) is 12.2 Å². The first-order valence-electron chi connectivity index (χ1n) is 13.8. The van der Waals surface area contributed by atoms with Crippen LogP contribution in [-0.4, -0.2) is 49.4 Å². The number of pyridine rings is 1. The van der Waals surface area contributed by atoms with Crippen LogP contribution in [0.3, 0.4) is 0 Å². The summed E-state index contributed by atoms with van der Waals surface area (Å²) in [6, 6.07) is 12.2. The molecule has 1 aromatic carbocycles. The number of nitrogens with zero attached hydrogens (tertiary/aromatic N) is 6. The molecule has 1 N–H and O–H groups in total. The number of aromatic nitrogens is 5. The fourth-order valence-corrected chi connectivity index (χ4v) is 5.70. The van der Waals surface area contributed by atoms with E-state index in [1.165, 1.54) is 11.1 Å². The molecule has 4 aromatic rings. The van der Waals surface area contributed by atoms with Gasteiger partial charge in [-0.2, -0.15) is 4.98 Å². The van der Waals surface area contributed by atoms with E-state index in [1.54, 1.807) is 15.6 Å². The Morgan fingerprint density at radius 2 is 1.98 bits per heavy atom. The molecule has 0 unspecified atom stereocenters. The molecular formula is C31H39N7O2. The molecule has 210 valence electrons. The molecule has 9 nitrogen and oxygen atoms in total. The lowest BCUT2D eigenvalue weighted by molar-refractivity contribution is -0.0173. The third-order valence-electron chi connectivity index (χ3n) is 7.46. The maximum absolute atomic E-state index is 13.5. The molecule has 0 spiro atoms. The molecule has 9 heteroatoms. The van der Waals surface area contributed by atoms with Crippen LogP contribution in [0.2, 0.25) is 0 Å². The SMILES string of the molecule is C/C=C\Cn1c(=O)c2cnc(Nc3ccc4c(c3)CN(C)CC4(C)C)nc2n1-c1cccc(C(C)(C)OCC)n1. The summed E-state index contributed by atoms with van der Waals surface area (Å²) < 4.78 is 9.37. The van der Waals surface area contributed by atoms with Crippen molar-refractivity contribution in [1.29, 1.82) is 0 Å². The van der Waals surface area contributed by atoms with E-state index in [4.69, 9.17) is 14.7 Å². The summed E-state index contributed by atoms with van der Waals surface area (Å²) in [6.45, 7) is 15.3. The predicted octanol–water partition coefficient (Wildman–Crippen LogP) is 5.29. The summed E-state index contributed by atoms with van der Waals surface area (Å²) in [5.74, 6) is 1.00. The number of hydrogen-bond donors (Lipinski definition) is 1. The van der Waals surface area contributed by atoms with Gasteiger partial charge in [0, 0.05) is 37.0 Å². The number of benzene rings is 1. The number of allylic oxidation sites excluding steroid dienone is 2. The summed E-state index contributed by atoms with van der Waals surface area (Å²) in [5.41, 5.74) is 4.15. The van der Waals surface area contributed by atoms with Gasteiger partial charge in [-0.25, -0.2) is 19.3 Å². The molecule has 1 aliphatic heterocycles. The zero-order valence-electron chi connectivity index (χ0n) is 24.5. The first-order chi connectivity index (χ1) is 19.0. The molecule has 0 saturated carbocycles. The monoisotopic (exact) mass is 541 g/mol. The highest BCUT2D eigenvalue weighted by Gasteiger charge is 2.30. The van der Waals surface area contributed by atoms with Gasteiger partial charge in [-0.1, -0.05) is 38.1 Å². The molecule has 4 heterocycles. The van der Waals surface area contributed by atoms with Crippen molar-refractivity contribution < 1.29 is 4.74 Å². The maximum Gasteiger partial charge on any atom is 0.278 e. The highest BCUT2D eigenvalue weighted by atomic mass is 16.5.